The molecule has 0 unspecified atom stereocenters. The van der Waals surface area contributed by atoms with Crippen LogP contribution in [-0.2, 0) is 12.0 Å². The molecule has 2 N–H and O–H groups in total. The fourth-order valence-electron chi connectivity index (χ4n) is 2.18. The van der Waals surface area contributed by atoms with Gasteiger partial charge >= 0.3 is 0 Å². The van der Waals surface area contributed by atoms with Crippen molar-refractivity contribution in [3.63, 3.8) is 0 Å². The first kappa shape index (κ1) is 12.2. The van der Waals surface area contributed by atoms with Gasteiger partial charge in [0.1, 0.15) is 5.54 Å². The quantitative estimate of drug-likeness (QED) is 0.739. The number of quaternary nitrogens is 1. The number of hydrogen-bond acceptors (Lipinski definition) is 1. The van der Waals surface area contributed by atoms with Crippen molar-refractivity contribution in [3.8, 4) is 0 Å². The van der Waals surface area contributed by atoms with Crippen molar-refractivity contribution in [3.05, 3.63) is 40.6 Å². The number of benzene rings is 1. The van der Waals surface area contributed by atoms with Gasteiger partial charge in [0.05, 0.1) is 0 Å². The van der Waals surface area contributed by atoms with Crippen LogP contribution in [0.1, 0.15) is 44.7 Å². The summed E-state index contributed by atoms with van der Waals surface area (Å²) in [6, 6.07) is 8.29. The van der Waals surface area contributed by atoms with Crippen molar-refractivity contribution in [1.29, 1.82) is 0 Å². The average Bonchev–Trinajstić information content (AvgIpc) is 2.33. The van der Waals surface area contributed by atoms with Gasteiger partial charge in [-0.05, 0) is 12.0 Å². The van der Waals surface area contributed by atoms with Crippen LogP contribution < -0.4 is 5.48 Å². The maximum atomic E-state index is 11.4. The highest BCUT2D eigenvalue weighted by atomic mass is 16.5. The molecule has 0 atom stereocenters. The van der Waals surface area contributed by atoms with Crippen LogP contribution in [0.4, 0.5) is 0 Å². The van der Waals surface area contributed by atoms with E-state index in [1.807, 2.05) is 12.1 Å². The second kappa shape index (κ2) is 5.29. The van der Waals surface area contributed by atoms with Crippen LogP contribution in [-0.4, -0.2) is 0 Å². The Labute approximate surface area is 92.3 Å². The molecular formula is C13H21NO. The van der Waals surface area contributed by atoms with Crippen LogP contribution in [0.3, 0.4) is 0 Å². The zero-order chi connectivity index (χ0) is 11.3. The summed E-state index contributed by atoms with van der Waals surface area (Å²) in [5.74, 6) is 0. The summed E-state index contributed by atoms with van der Waals surface area (Å²) in [5, 5.41) is 11.4. The van der Waals surface area contributed by atoms with E-state index in [2.05, 4.69) is 32.9 Å². The van der Waals surface area contributed by atoms with E-state index in [4.69, 9.17) is 0 Å². The van der Waals surface area contributed by atoms with E-state index in [1.54, 1.807) is 0 Å². The Kier molecular flexibility index (Phi) is 4.30. The molecule has 2 nitrogen and oxygen atoms in total. The van der Waals surface area contributed by atoms with Gasteiger partial charge in [-0.15, -0.1) is 0 Å². The largest absolute Gasteiger partial charge is 0.635 e. The first-order chi connectivity index (χ1) is 7.24. The van der Waals surface area contributed by atoms with E-state index in [0.29, 0.717) is 0 Å². The van der Waals surface area contributed by atoms with Crippen LogP contribution in [0.5, 0.6) is 0 Å². The molecule has 0 aliphatic carbocycles. The zero-order valence-electron chi connectivity index (χ0n) is 9.92. The molecule has 0 aliphatic heterocycles. The Hall–Kier alpha value is -0.860. The zero-order valence-corrected chi connectivity index (χ0v) is 9.92. The lowest BCUT2D eigenvalue weighted by Crippen LogP contribution is -2.89. The van der Waals surface area contributed by atoms with E-state index >= 15 is 0 Å². The van der Waals surface area contributed by atoms with Crippen LogP contribution in [0.25, 0.3) is 0 Å². The standard InChI is InChI=1S/C13H21NO/c1-4-11-9-7-8-10-12(11)13(5-2,6-3)14-15/h7-10H,4-6,14H2,1-3H3. The van der Waals surface area contributed by atoms with Gasteiger partial charge < -0.3 is 10.7 Å². The Morgan fingerprint density at radius 1 is 1.13 bits per heavy atom. The lowest BCUT2D eigenvalue weighted by molar-refractivity contribution is -0.681. The summed E-state index contributed by atoms with van der Waals surface area (Å²) in [6.45, 7) is 6.31. The fraction of sp³-hybridized carbons (Fsp3) is 0.538. The smallest absolute Gasteiger partial charge is 0.121 e. The minimum Gasteiger partial charge on any atom is -0.635 e. The van der Waals surface area contributed by atoms with Crippen LogP contribution in [0.15, 0.2) is 24.3 Å². The van der Waals surface area contributed by atoms with Gasteiger partial charge in [0, 0.05) is 18.4 Å². The second-order valence-electron chi connectivity index (χ2n) is 3.99. The van der Waals surface area contributed by atoms with E-state index in [9.17, 15) is 5.21 Å². The number of hydrogen-bond donors (Lipinski definition) is 1. The van der Waals surface area contributed by atoms with E-state index in [1.165, 1.54) is 11.1 Å². The third-order valence-corrected chi connectivity index (χ3v) is 3.42. The molecule has 0 heterocycles. The number of hydroxylamine groups is 1. The Morgan fingerprint density at radius 3 is 2.20 bits per heavy atom. The molecule has 0 radical (unpaired) electrons. The molecule has 0 saturated carbocycles. The van der Waals surface area contributed by atoms with Gasteiger partial charge in [0.15, 0.2) is 0 Å². The summed E-state index contributed by atoms with van der Waals surface area (Å²) in [4.78, 5) is 0. The molecule has 1 rings (SSSR count). The molecule has 0 bridgehead atoms. The van der Waals surface area contributed by atoms with Crippen molar-refractivity contribution in [2.24, 2.45) is 0 Å². The third-order valence-electron chi connectivity index (χ3n) is 3.42. The molecule has 0 fully saturated rings. The summed E-state index contributed by atoms with van der Waals surface area (Å²) in [7, 11) is 0. The average molecular weight is 207 g/mol. The number of nitrogens with two attached hydrogens (primary N) is 1. The fourth-order valence-corrected chi connectivity index (χ4v) is 2.18. The lowest BCUT2D eigenvalue weighted by atomic mass is 9.82. The van der Waals surface area contributed by atoms with E-state index in [-0.39, 0.29) is 5.54 Å². The highest BCUT2D eigenvalue weighted by Crippen LogP contribution is 2.27. The molecule has 1 aromatic rings. The Balaban J connectivity index is 3.21. The normalized spacial score (nSPS) is 11.7. The van der Waals surface area contributed by atoms with Crippen LogP contribution >= 0.6 is 0 Å². The van der Waals surface area contributed by atoms with Crippen molar-refractivity contribution < 1.29 is 5.48 Å². The molecule has 0 saturated heterocycles. The lowest BCUT2D eigenvalue weighted by Gasteiger charge is -2.33. The summed E-state index contributed by atoms with van der Waals surface area (Å²) in [6.07, 6.45) is 2.75. The van der Waals surface area contributed by atoms with E-state index in [0.717, 1.165) is 24.7 Å². The molecule has 84 valence electrons. The van der Waals surface area contributed by atoms with Gasteiger partial charge in [-0.3, -0.25) is 0 Å². The summed E-state index contributed by atoms with van der Waals surface area (Å²) < 4.78 is 0. The topological polar surface area (TPSA) is 39.7 Å². The number of aryl methyl sites for hydroxylation is 1. The third kappa shape index (κ3) is 2.21. The van der Waals surface area contributed by atoms with Crippen molar-refractivity contribution in [2.45, 2.75) is 45.6 Å². The first-order valence-electron chi connectivity index (χ1n) is 5.78. The second-order valence-corrected chi connectivity index (χ2v) is 3.99. The first-order valence-corrected chi connectivity index (χ1v) is 5.78. The summed E-state index contributed by atoms with van der Waals surface area (Å²) >= 11 is 0. The number of rotatable bonds is 5. The van der Waals surface area contributed by atoms with Gasteiger partial charge in [-0.1, -0.05) is 45.0 Å². The Bertz CT molecular complexity index is 297. The molecule has 15 heavy (non-hydrogen) atoms. The van der Waals surface area contributed by atoms with Gasteiger partial charge in [-0.2, -0.15) is 0 Å². The highest BCUT2D eigenvalue weighted by Gasteiger charge is 2.30. The monoisotopic (exact) mass is 207 g/mol. The SMILES string of the molecule is CCc1ccccc1C(CC)(CC)[NH2+][O-]. The maximum absolute atomic E-state index is 11.4. The molecule has 0 aliphatic rings. The molecule has 0 aromatic heterocycles. The van der Waals surface area contributed by atoms with Crippen LogP contribution in [0, 0.1) is 5.21 Å². The molecular weight excluding hydrogens is 186 g/mol. The van der Waals surface area contributed by atoms with Gasteiger partial charge in [0.2, 0.25) is 0 Å². The molecule has 0 amide bonds. The predicted octanol–water partition coefficient (Wildman–Crippen LogP) is 2.33. The van der Waals surface area contributed by atoms with E-state index < -0.39 is 0 Å². The van der Waals surface area contributed by atoms with Gasteiger partial charge in [0.25, 0.3) is 0 Å². The van der Waals surface area contributed by atoms with Gasteiger partial charge in [-0.25, -0.2) is 0 Å². The predicted molar refractivity (Wildman–Crippen MR) is 63.4 cm³/mol. The van der Waals surface area contributed by atoms with Crippen molar-refractivity contribution >= 4 is 0 Å². The minimum absolute atomic E-state index is 0.271. The van der Waals surface area contributed by atoms with Crippen LogP contribution in [0.2, 0.25) is 0 Å². The highest BCUT2D eigenvalue weighted by molar-refractivity contribution is 5.32. The van der Waals surface area contributed by atoms with Crippen molar-refractivity contribution in [2.75, 3.05) is 0 Å². The summed E-state index contributed by atoms with van der Waals surface area (Å²) in [5.41, 5.74) is 3.37. The minimum atomic E-state index is -0.271. The van der Waals surface area contributed by atoms with Crippen molar-refractivity contribution in [1.82, 2.24) is 0 Å². The maximum Gasteiger partial charge on any atom is 0.121 e. The molecule has 1 aromatic carbocycles. The molecule has 2 heteroatoms. The molecule has 0 spiro atoms. The Morgan fingerprint density at radius 2 is 1.73 bits per heavy atom.